The van der Waals surface area contributed by atoms with Crippen LogP contribution in [0.15, 0.2) is 48.5 Å². The van der Waals surface area contributed by atoms with Crippen molar-refractivity contribution in [2.75, 3.05) is 11.9 Å². The molecule has 0 aliphatic rings. The molecule has 0 aliphatic carbocycles. The summed E-state index contributed by atoms with van der Waals surface area (Å²) in [5.74, 6) is -0.0417. The van der Waals surface area contributed by atoms with Gasteiger partial charge in [-0.15, -0.1) is 0 Å². The summed E-state index contributed by atoms with van der Waals surface area (Å²) in [6.45, 7) is 1.67. The van der Waals surface area contributed by atoms with E-state index < -0.39 is 4.92 Å². The molecule has 0 atom stereocenters. The average molecular weight is 286 g/mol. The van der Waals surface area contributed by atoms with E-state index >= 15 is 0 Å². The smallest absolute Gasteiger partial charge is 0.273 e. The summed E-state index contributed by atoms with van der Waals surface area (Å²) in [6, 6.07) is 13.1. The van der Waals surface area contributed by atoms with Gasteiger partial charge in [-0.25, -0.2) is 0 Å². The monoisotopic (exact) mass is 286 g/mol. The number of para-hydroxylation sites is 1. The second kappa shape index (κ2) is 6.51. The van der Waals surface area contributed by atoms with Gasteiger partial charge >= 0.3 is 0 Å². The van der Waals surface area contributed by atoms with Gasteiger partial charge in [0, 0.05) is 11.8 Å². The summed E-state index contributed by atoms with van der Waals surface area (Å²) in [6.07, 6.45) is 0. The van der Waals surface area contributed by atoms with Crippen molar-refractivity contribution in [1.82, 2.24) is 0 Å². The third kappa shape index (κ3) is 4.04. The van der Waals surface area contributed by atoms with Crippen LogP contribution in [-0.2, 0) is 4.79 Å². The summed E-state index contributed by atoms with van der Waals surface area (Å²) < 4.78 is 5.25. The lowest BCUT2D eigenvalue weighted by molar-refractivity contribution is -0.384. The number of hydrogen-bond donors (Lipinski definition) is 1. The molecule has 2 aromatic carbocycles. The van der Waals surface area contributed by atoms with Crippen LogP contribution in [0.25, 0.3) is 0 Å². The van der Waals surface area contributed by atoms with E-state index in [0.717, 1.165) is 5.56 Å². The number of nitrogens with zero attached hydrogens (tertiary/aromatic N) is 1. The van der Waals surface area contributed by atoms with Crippen LogP contribution in [-0.4, -0.2) is 17.4 Å². The highest BCUT2D eigenvalue weighted by molar-refractivity contribution is 5.92. The van der Waals surface area contributed by atoms with Crippen LogP contribution in [0.1, 0.15) is 5.56 Å². The van der Waals surface area contributed by atoms with E-state index in [4.69, 9.17) is 4.74 Å². The second-order valence-electron chi connectivity index (χ2n) is 4.41. The predicted octanol–water partition coefficient (Wildman–Crippen LogP) is 2.92. The fraction of sp³-hybridized carbons (Fsp3) is 0.133. The van der Waals surface area contributed by atoms with Crippen molar-refractivity contribution in [1.29, 1.82) is 0 Å². The number of non-ortho nitro benzene ring substituents is 1. The van der Waals surface area contributed by atoms with Gasteiger partial charge in [0.1, 0.15) is 5.75 Å². The first-order chi connectivity index (χ1) is 10.1. The number of rotatable bonds is 5. The second-order valence-corrected chi connectivity index (χ2v) is 4.41. The molecule has 0 bridgehead atoms. The molecule has 108 valence electrons. The lowest BCUT2D eigenvalue weighted by atomic mass is 10.2. The fourth-order valence-electron chi connectivity index (χ4n) is 1.74. The van der Waals surface area contributed by atoms with Gasteiger partial charge in [-0.2, -0.15) is 0 Å². The minimum absolute atomic E-state index is 0.0770. The molecule has 0 radical (unpaired) electrons. The van der Waals surface area contributed by atoms with E-state index in [1.54, 1.807) is 12.1 Å². The molecule has 0 heterocycles. The minimum Gasteiger partial charge on any atom is -0.484 e. The Morgan fingerprint density at radius 2 is 2.00 bits per heavy atom. The maximum Gasteiger partial charge on any atom is 0.273 e. The van der Waals surface area contributed by atoms with Crippen LogP contribution in [0.4, 0.5) is 11.4 Å². The Bertz CT molecular complexity index is 670. The SMILES string of the molecule is Cc1ccccc1NC(=O)COc1cccc([N+](=O)[O-])c1. The van der Waals surface area contributed by atoms with E-state index in [-0.39, 0.29) is 24.0 Å². The number of nitro groups is 1. The Morgan fingerprint density at radius 1 is 1.24 bits per heavy atom. The van der Waals surface area contributed by atoms with Crippen LogP contribution in [0.2, 0.25) is 0 Å². The first-order valence-corrected chi connectivity index (χ1v) is 6.29. The highest BCUT2D eigenvalue weighted by Crippen LogP contribution is 2.19. The zero-order chi connectivity index (χ0) is 15.2. The zero-order valence-electron chi connectivity index (χ0n) is 11.4. The van der Waals surface area contributed by atoms with Crippen molar-refractivity contribution >= 4 is 17.3 Å². The van der Waals surface area contributed by atoms with Crippen molar-refractivity contribution in [3.8, 4) is 5.75 Å². The van der Waals surface area contributed by atoms with Gasteiger partial charge in [0.15, 0.2) is 6.61 Å². The van der Waals surface area contributed by atoms with Crippen molar-refractivity contribution in [3.05, 3.63) is 64.2 Å². The third-order valence-electron chi connectivity index (χ3n) is 2.82. The summed E-state index contributed by atoms with van der Waals surface area (Å²) in [4.78, 5) is 21.9. The van der Waals surface area contributed by atoms with Crippen molar-refractivity contribution in [2.45, 2.75) is 6.92 Å². The molecule has 21 heavy (non-hydrogen) atoms. The Kier molecular flexibility index (Phi) is 4.50. The number of hydrogen-bond acceptors (Lipinski definition) is 4. The molecule has 1 amide bonds. The number of benzene rings is 2. The number of ether oxygens (including phenoxy) is 1. The molecule has 2 rings (SSSR count). The molecule has 0 spiro atoms. The van der Waals surface area contributed by atoms with E-state index in [2.05, 4.69) is 5.32 Å². The zero-order valence-corrected chi connectivity index (χ0v) is 11.4. The molecule has 0 unspecified atom stereocenters. The molecule has 6 heteroatoms. The molecule has 0 aliphatic heterocycles. The van der Waals surface area contributed by atoms with E-state index in [1.807, 2.05) is 25.1 Å². The minimum atomic E-state index is -0.514. The van der Waals surface area contributed by atoms with Crippen LogP contribution in [0.3, 0.4) is 0 Å². The Balaban J connectivity index is 1.94. The average Bonchev–Trinajstić information content (AvgIpc) is 2.48. The first-order valence-electron chi connectivity index (χ1n) is 6.29. The maximum absolute atomic E-state index is 11.8. The van der Waals surface area contributed by atoms with Gasteiger partial charge in [0.25, 0.3) is 11.6 Å². The third-order valence-corrected chi connectivity index (χ3v) is 2.82. The normalized spacial score (nSPS) is 9.95. The van der Waals surface area contributed by atoms with E-state index in [1.165, 1.54) is 18.2 Å². The Morgan fingerprint density at radius 3 is 2.71 bits per heavy atom. The summed E-state index contributed by atoms with van der Waals surface area (Å²) >= 11 is 0. The van der Waals surface area contributed by atoms with Crippen molar-refractivity contribution in [2.24, 2.45) is 0 Å². The number of carbonyl (C=O) groups excluding carboxylic acids is 1. The predicted molar refractivity (Wildman–Crippen MR) is 78.4 cm³/mol. The first kappa shape index (κ1) is 14.5. The summed E-state index contributed by atoms with van der Waals surface area (Å²) in [7, 11) is 0. The fourth-order valence-corrected chi connectivity index (χ4v) is 1.74. The van der Waals surface area contributed by atoms with Gasteiger partial charge in [-0.3, -0.25) is 14.9 Å². The molecular weight excluding hydrogens is 272 g/mol. The van der Waals surface area contributed by atoms with Crippen LogP contribution in [0, 0.1) is 17.0 Å². The molecule has 0 fully saturated rings. The molecule has 1 N–H and O–H groups in total. The number of anilines is 1. The molecule has 6 nitrogen and oxygen atoms in total. The number of nitro benzene ring substituents is 1. The van der Waals surface area contributed by atoms with Crippen LogP contribution < -0.4 is 10.1 Å². The van der Waals surface area contributed by atoms with Gasteiger partial charge in [0.2, 0.25) is 0 Å². The summed E-state index contributed by atoms with van der Waals surface area (Å²) in [5, 5.41) is 13.4. The van der Waals surface area contributed by atoms with Gasteiger partial charge in [0.05, 0.1) is 11.0 Å². The number of nitrogens with one attached hydrogen (secondary N) is 1. The topological polar surface area (TPSA) is 81.5 Å². The highest BCUT2D eigenvalue weighted by Gasteiger charge is 2.09. The number of carbonyl (C=O) groups is 1. The standard InChI is InChI=1S/C15H14N2O4/c1-11-5-2-3-8-14(11)16-15(18)10-21-13-7-4-6-12(9-13)17(19)20/h2-9H,10H2,1H3,(H,16,18). The van der Waals surface area contributed by atoms with E-state index in [9.17, 15) is 14.9 Å². The largest absolute Gasteiger partial charge is 0.484 e. The highest BCUT2D eigenvalue weighted by atomic mass is 16.6. The number of amides is 1. The maximum atomic E-state index is 11.8. The molecular formula is C15H14N2O4. The lowest BCUT2D eigenvalue weighted by Crippen LogP contribution is -2.20. The Labute approximate surface area is 121 Å². The number of aryl methyl sites for hydroxylation is 1. The Hall–Kier alpha value is -2.89. The van der Waals surface area contributed by atoms with Gasteiger partial charge in [-0.1, -0.05) is 24.3 Å². The molecule has 0 aromatic heterocycles. The van der Waals surface area contributed by atoms with E-state index in [0.29, 0.717) is 5.69 Å². The molecule has 0 saturated heterocycles. The lowest BCUT2D eigenvalue weighted by Gasteiger charge is -2.09. The quantitative estimate of drug-likeness (QED) is 0.676. The van der Waals surface area contributed by atoms with Crippen molar-refractivity contribution < 1.29 is 14.5 Å². The molecule has 2 aromatic rings. The molecule has 0 saturated carbocycles. The summed E-state index contributed by atoms with van der Waals surface area (Å²) in [5.41, 5.74) is 1.58. The van der Waals surface area contributed by atoms with Gasteiger partial charge in [-0.05, 0) is 24.6 Å². The van der Waals surface area contributed by atoms with Gasteiger partial charge < -0.3 is 10.1 Å². The van der Waals surface area contributed by atoms with Crippen molar-refractivity contribution in [3.63, 3.8) is 0 Å². The van der Waals surface area contributed by atoms with Crippen LogP contribution in [0.5, 0.6) is 5.75 Å². The van der Waals surface area contributed by atoms with Crippen LogP contribution >= 0.6 is 0 Å².